The van der Waals surface area contributed by atoms with Crippen LogP contribution in [0.5, 0.6) is 0 Å². The zero-order valence-electron chi connectivity index (χ0n) is 12.8. The van der Waals surface area contributed by atoms with Crippen LogP contribution in [-0.4, -0.2) is 28.1 Å². The Labute approximate surface area is 129 Å². The number of amides is 2. The predicted molar refractivity (Wildman–Crippen MR) is 84.8 cm³/mol. The van der Waals surface area contributed by atoms with Crippen molar-refractivity contribution in [1.82, 2.24) is 15.1 Å². The molecule has 2 aromatic rings. The molecular weight excluding hydrogens is 280 g/mol. The molecule has 116 valence electrons. The van der Waals surface area contributed by atoms with Gasteiger partial charge in [0.15, 0.2) is 5.69 Å². The van der Waals surface area contributed by atoms with Gasteiger partial charge in [-0.3, -0.25) is 14.3 Å². The van der Waals surface area contributed by atoms with E-state index in [1.54, 1.807) is 37.4 Å². The van der Waals surface area contributed by atoms with E-state index in [1.165, 1.54) is 4.68 Å². The van der Waals surface area contributed by atoms with E-state index in [0.29, 0.717) is 23.6 Å². The fourth-order valence-corrected chi connectivity index (χ4v) is 1.94. The molecule has 1 heterocycles. The van der Waals surface area contributed by atoms with E-state index in [2.05, 4.69) is 22.7 Å². The molecule has 0 radical (unpaired) electrons. The highest BCUT2D eigenvalue weighted by Crippen LogP contribution is 2.11. The largest absolute Gasteiger partial charge is 0.351 e. The number of benzene rings is 1. The first-order chi connectivity index (χ1) is 10.6. The van der Waals surface area contributed by atoms with Crippen molar-refractivity contribution in [2.75, 3.05) is 11.9 Å². The van der Waals surface area contributed by atoms with E-state index in [9.17, 15) is 9.59 Å². The molecule has 0 saturated carbocycles. The summed E-state index contributed by atoms with van der Waals surface area (Å²) in [6.45, 7) is 2.68. The van der Waals surface area contributed by atoms with E-state index >= 15 is 0 Å². The molecule has 2 amide bonds. The van der Waals surface area contributed by atoms with Gasteiger partial charge >= 0.3 is 0 Å². The van der Waals surface area contributed by atoms with E-state index < -0.39 is 0 Å². The van der Waals surface area contributed by atoms with Gasteiger partial charge in [0.1, 0.15) is 5.82 Å². The first-order valence-corrected chi connectivity index (χ1v) is 7.30. The maximum Gasteiger partial charge on any atom is 0.271 e. The van der Waals surface area contributed by atoms with Crippen molar-refractivity contribution in [3.63, 3.8) is 0 Å². The maximum atomic E-state index is 12.1. The molecule has 1 aromatic heterocycles. The average Bonchev–Trinajstić information content (AvgIpc) is 2.89. The number of nitrogens with one attached hydrogen (secondary N) is 2. The molecule has 0 spiro atoms. The van der Waals surface area contributed by atoms with Crippen LogP contribution < -0.4 is 10.6 Å². The van der Waals surface area contributed by atoms with Gasteiger partial charge in [-0.25, -0.2) is 0 Å². The molecule has 0 aliphatic carbocycles. The van der Waals surface area contributed by atoms with E-state index in [-0.39, 0.29) is 11.8 Å². The van der Waals surface area contributed by atoms with Crippen molar-refractivity contribution in [2.24, 2.45) is 7.05 Å². The van der Waals surface area contributed by atoms with E-state index in [1.807, 2.05) is 6.07 Å². The van der Waals surface area contributed by atoms with Crippen molar-refractivity contribution in [3.05, 3.63) is 47.7 Å². The molecule has 1 aromatic carbocycles. The highest BCUT2D eigenvalue weighted by Gasteiger charge is 2.14. The van der Waals surface area contributed by atoms with Gasteiger partial charge in [-0.1, -0.05) is 31.5 Å². The zero-order valence-corrected chi connectivity index (χ0v) is 12.8. The summed E-state index contributed by atoms with van der Waals surface area (Å²) in [5.41, 5.74) is 0.847. The number of aryl methyl sites for hydroxylation is 1. The first kappa shape index (κ1) is 15.8. The van der Waals surface area contributed by atoms with Gasteiger partial charge in [0, 0.05) is 25.2 Å². The number of carbonyl (C=O) groups is 2. The van der Waals surface area contributed by atoms with Crippen LogP contribution in [0, 0.1) is 0 Å². The number of nitrogens with zero attached hydrogens (tertiary/aromatic N) is 2. The molecule has 0 saturated heterocycles. The molecule has 0 aliphatic rings. The second-order valence-electron chi connectivity index (χ2n) is 4.97. The molecule has 6 nitrogen and oxygen atoms in total. The van der Waals surface area contributed by atoms with Crippen molar-refractivity contribution in [1.29, 1.82) is 0 Å². The summed E-state index contributed by atoms with van der Waals surface area (Å²) in [4.78, 5) is 24.0. The van der Waals surface area contributed by atoms with Crippen LogP contribution in [-0.2, 0) is 7.05 Å². The van der Waals surface area contributed by atoms with Crippen LogP contribution in [0.15, 0.2) is 36.4 Å². The molecule has 0 fully saturated rings. The summed E-state index contributed by atoms with van der Waals surface area (Å²) in [5, 5.41) is 9.67. The number of carbonyl (C=O) groups excluding carboxylic acids is 2. The topological polar surface area (TPSA) is 76.0 Å². The lowest BCUT2D eigenvalue weighted by Gasteiger charge is -2.04. The Kier molecular flexibility index (Phi) is 5.30. The zero-order chi connectivity index (χ0) is 15.9. The lowest BCUT2D eigenvalue weighted by atomic mass is 10.2. The van der Waals surface area contributed by atoms with Crippen LogP contribution in [0.1, 0.15) is 40.6 Å². The Morgan fingerprint density at radius 1 is 1.18 bits per heavy atom. The first-order valence-electron chi connectivity index (χ1n) is 7.30. The van der Waals surface area contributed by atoms with E-state index in [0.717, 1.165) is 12.8 Å². The Balaban J connectivity index is 2.04. The number of aromatic nitrogens is 2. The second kappa shape index (κ2) is 7.40. The maximum absolute atomic E-state index is 12.1. The molecule has 2 rings (SSSR count). The minimum absolute atomic E-state index is 0.232. The van der Waals surface area contributed by atoms with Gasteiger partial charge in [0.2, 0.25) is 0 Å². The summed E-state index contributed by atoms with van der Waals surface area (Å²) in [6, 6.07) is 10.5. The lowest BCUT2D eigenvalue weighted by molar-refractivity contribution is 0.0946. The minimum Gasteiger partial charge on any atom is -0.351 e. The SMILES string of the molecule is CCCCNC(=O)c1cc(NC(=O)c2ccccc2)n(C)n1. The van der Waals surface area contributed by atoms with Crippen LogP contribution in [0.2, 0.25) is 0 Å². The number of unbranched alkanes of at least 4 members (excludes halogenated alkanes) is 1. The third-order valence-corrected chi connectivity index (χ3v) is 3.21. The number of anilines is 1. The van der Waals surface area contributed by atoms with Gasteiger partial charge in [-0.2, -0.15) is 5.10 Å². The second-order valence-corrected chi connectivity index (χ2v) is 4.97. The fraction of sp³-hybridized carbons (Fsp3) is 0.312. The molecule has 0 bridgehead atoms. The standard InChI is InChI=1S/C16H20N4O2/c1-3-4-10-17-16(22)13-11-14(20(2)19-13)18-15(21)12-8-6-5-7-9-12/h5-9,11H,3-4,10H2,1-2H3,(H,17,22)(H,18,21). The molecule has 0 aliphatic heterocycles. The summed E-state index contributed by atoms with van der Waals surface area (Å²) in [7, 11) is 1.68. The molecule has 2 N–H and O–H groups in total. The van der Waals surface area contributed by atoms with E-state index in [4.69, 9.17) is 0 Å². The average molecular weight is 300 g/mol. The Morgan fingerprint density at radius 3 is 2.59 bits per heavy atom. The Bertz CT molecular complexity index is 649. The van der Waals surface area contributed by atoms with Gasteiger partial charge in [-0.05, 0) is 18.6 Å². The monoisotopic (exact) mass is 300 g/mol. The van der Waals surface area contributed by atoms with Crippen molar-refractivity contribution in [3.8, 4) is 0 Å². The van der Waals surface area contributed by atoms with Crippen molar-refractivity contribution < 1.29 is 9.59 Å². The minimum atomic E-state index is -0.235. The molecule has 0 unspecified atom stereocenters. The summed E-state index contributed by atoms with van der Waals surface area (Å²) in [6.07, 6.45) is 1.94. The highest BCUT2D eigenvalue weighted by atomic mass is 16.2. The van der Waals surface area contributed by atoms with Gasteiger partial charge in [0.05, 0.1) is 0 Å². The molecular formula is C16H20N4O2. The third kappa shape index (κ3) is 3.94. The Morgan fingerprint density at radius 2 is 1.91 bits per heavy atom. The van der Waals surface area contributed by atoms with Crippen LogP contribution in [0.3, 0.4) is 0 Å². The van der Waals surface area contributed by atoms with Crippen molar-refractivity contribution in [2.45, 2.75) is 19.8 Å². The summed E-state index contributed by atoms with van der Waals surface area (Å²) < 4.78 is 1.48. The summed E-state index contributed by atoms with van der Waals surface area (Å²) in [5.74, 6) is 0.0142. The van der Waals surface area contributed by atoms with Crippen LogP contribution in [0.25, 0.3) is 0 Å². The van der Waals surface area contributed by atoms with Gasteiger partial charge in [0.25, 0.3) is 11.8 Å². The highest BCUT2D eigenvalue weighted by molar-refractivity contribution is 6.04. The van der Waals surface area contributed by atoms with Gasteiger partial charge < -0.3 is 10.6 Å². The number of hydrogen-bond donors (Lipinski definition) is 2. The normalized spacial score (nSPS) is 10.3. The number of hydrogen-bond acceptors (Lipinski definition) is 3. The number of rotatable bonds is 6. The Hall–Kier alpha value is -2.63. The van der Waals surface area contributed by atoms with Gasteiger partial charge in [-0.15, -0.1) is 0 Å². The van der Waals surface area contributed by atoms with Crippen LogP contribution in [0.4, 0.5) is 5.82 Å². The van der Waals surface area contributed by atoms with Crippen LogP contribution >= 0.6 is 0 Å². The quantitative estimate of drug-likeness (QED) is 0.803. The molecule has 22 heavy (non-hydrogen) atoms. The lowest BCUT2D eigenvalue weighted by Crippen LogP contribution is -2.24. The fourth-order valence-electron chi connectivity index (χ4n) is 1.94. The predicted octanol–water partition coefficient (Wildman–Crippen LogP) is 2.20. The molecule has 0 atom stereocenters. The summed E-state index contributed by atoms with van der Waals surface area (Å²) >= 11 is 0. The third-order valence-electron chi connectivity index (χ3n) is 3.21. The molecule has 6 heteroatoms. The van der Waals surface area contributed by atoms with Crippen molar-refractivity contribution >= 4 is 17.6 Å². The smallest absolute Gasteiger partial charge is 0.271 e.